The van der Waals surface area contributed by atoms with E-state index in [1.54, 1.807) is 19.3 Å². The second-order valence-electron chi connectivity index (χ2n) is 9.51. The third kappa shape index (κ3) is 5.08. The van der Waals surface area contributed by atoms with Crippen molar-refractivity contribution in [1.29, 1.82) is 0 Å². The molecule has 3 aromatic rings. The summed E-state index contributed by atoms with van der Waals surface area (Å²) in [6.07, 6.45) is 3.43. The number of piperazine rings is 1. The van der Waals surface area contributed by atoms with Gasteiger partial charge >= 0.3 is 6.09 Å². The molecule has 5 rings (SSSR count). The van der Waals surface area contributed by atoms with Gasteiger partial charge in [0.05, 0.1) is 25.4 Å². The minimum absolute atomic E-state index is 0.404. The summed E-state index contributed by atoms with van der Waals surface area (Å²) in [7, 11) is 5.49. The van der Waals surface area contributed by atoms with Crippen molar-refractivity contribution in [3.63, 3.8) is 0 Å². The molecule has 0 spiro atoms. The molecule has 0 unspecified atom stereocenters. The molecule has 9 nitrogen and oxygen atoms in total. The Morgan fingerprint density at radius 3 is 2.44 bits per heavy atom. The van der Waals surface area contributed by atoms with E-state index in [-0.39, 0.29) is 0 Å². The lowest BCUT2D eigenvalue weighted by Crippen LogP contribution is -2.44. The van der Waals surface area contributed by atoms with E-state index in [0.29, 0.717) is 24.7 Å². The van der Waals surface area contributed by atoms with Crippen LogP contribution in [-0.4, -0.2) is 81.6 Å². The lowest BCUT2D eigenvalue weighted by Gasteiger charge is -2.35. The summed E-state index contributed by atoms with van der Waals surface area (Å²) in [5.41, 5.74) is 4.00. The average Bonchev–Trinajstić information content (AvgIpc) is 3.34. The summed E-state index contributed by atoms with van der Waals surface area (Å²) in [6.45, 7) is 5.18. The van der Waals surface area contributed by atoms with E-state index < -0.39 is 6.09 Å². The first kappa shape index (κ1) is 24.3. The first-order valence-electron chi connectivity index (χ1n) is 12.5. The molecule has 0 saturated carbocycles. The van der Waals surface area contributed by atoms with Gasteiger partial charge < -0.3 is 29.1 Å². The molecule has 2 N–H and O–H groups in total. The summed E-state index contributed by atoms with van der Waals surface area (Å²) in [5, 5.41) is 5.84. The topological polar surface area (TPSA) is 82.3 Å². The molecule has 2 aromatic carbocycles. The number of hydroxylamine groups is 2. The summed E-state index contributed by atoms with van der Waals surface area (Å²) in [6, 6.07) is 11.8. The Hall–Kier alpha value is -3.43. The smallest absolute Gasteiger partial charge is 0.430 e. The minimum Gasteiger partial charge on any atom is -0.495 e. The van der Waals surface area contributed by atoms with Crippen molar-refractivity contribution in [2.24, 2.45) is 0 Å². The number of hydrogen-bond acceptors (Lipinski definition) is 7. The Kier molecular flexibility index (Phi) is 7.20. The monoisotopic (exact) mass is 493 g/mol. The van der Waals surface area contributed by atoms with Crippen LogP contribution in [-0.2, 0) is 4.84 Å². The molecular weight excluding hydrogens is 458 g/mol. The van der Waals surface area contributed by atoms with Crippen LogP contribution in [0.4, 0.5) is 16.2 Å². The fraction of sp³-hybridized carbons (Fsp3) is 0.444. The van der Waals surface area contributed by atoms with Crippen molar-refractivity contribution < 1.29 is 19.1 Å². The van der Waals surface area contributed by atoms with E-state index >= 15 is 0 Å². The third-order valence-electron chi connectivity index (χ3n) is 7.30. The predicted octanol–water partition coefficient (Wildman–Crippen LogP) is 4.28. The molecule has 36 heavy (non-hydrogen) atoms. The van der Waals surface area contributed by atoms with E-state index in [1.807, 2.05) is 30.3 Å². The van der Waals surface area contributed by atoms with Gasteiger partial charge in [0.2, 0.25) is 0 Å². The number of fused-ring (bicyclic) bond motifs is 1. The lowest BCUT2D eigenvalue weighted by molar-refractivity contribution is -0.108. The van der Waals surface area contributed by atoms with Crippen LogP contribution in [0.25, 0.3) is 10.9 Å². The number of nitrogens with zero attached hydrogens (tertiary/aromatic N) is 3. The fourth-order valence-corrected chi connectivity index (χ4v) is 5.23. The third-order valence-corrected chi connectivity index (χ3v) is 7.30. The lowest BCUT2D eigenvalue weighted by atomic mass is 9.90. The SMILES string of the molecule is COc1ccc(NC(=O)ON2CCC(c3c[nH]c4c(OC)cccc34)CC2)cc1N1CCN(C)CC1. The number of benzene rings is 2. The highest BCUT2D eigenvalue weighted by atomic mass is 16.7. The van der Waals surface area contributed by atoms with Crippen LogP contribution in [0.5, 0.6) is 11.5 Å². The van der Waals surface area contributed by atoms with Crippen molar-refractivity contribution >= 4 is 28.4 Å². The summed E-state index contributed by atoms with van der Waals surface area (Å²) < 4.78 is 11.1. The average molecular weight is 494 g/mol. The molecule has 2 fully saturated rings. The number of rotatable bonds is 6. The standard InChI is InChI=1S/C27H35N5O4/c1-30-13-15-31(16-14-30)23-17-20(7-8-24(23)34-2)29-27(33)36-32-11-9-19(10-12-32)22-18-28-26-21(22)5-4-6-25(26)35-3/h4-8,17-19,28H,9-16H2,1-3H3,(H,29,33). The van der Waals surface area contributed by atoms with Crippen molar-refractivity contribution in [2.75, 3.05) is 70.8 Å². The number of ether oxygens (including phenoxy) is 2. The van der Waals surface area contributed by atoms with Crippen LogP contribution >= 0.6 is 0 Å². The number of methoxy groups -OCH3 is 2. The molecule has 0 bridgehead atoms. The van der Waals surface area contributed by atoms with Gasteiger partial charge in [-0.05, 0) is 55.6 Å². The first-order chi connectivity index (χ1) is 17.6. The van der Waals surface area contributed by atoms with E-state index in [0.717, 1.165) is 61.7 Å². The van der Waals surface area contributed by atoms with Crippen molar-refractivity contribution in [3.8, 4) is 11.5 Å². The molecule has 2 aliphatic rings. The zero-order valence-electron chi connectivity index (χ0n) is 21.3. The van der Waals surface area contributed by atoms with Crippen LogP contribution in [0.2, 0.25) is 0 Å². The summed E-state index contributed by atoms with van der Waals surface area (Å²) >= 11 is 0. The van der Waals surface area contributed by atoms with Crippen molar-refractivity contribution in [3.05, 3.63) is 48.2 Å². The van der Waals surface area contributed by atoms with Crippen LogP contribution in [0, 0.1) is 0 Å². The minimum atomic E-state index is -0.472. The molecule has 0 radical (unpaired) electrons. The second kappa shape index (κ2) is 10.7. The fourth-order valence-electron chi connectivity index (χ4n) is 5.23. The normalized spacial score (nSPS) is 17.8. The van der Waals surface area contributed by atoms with Gasteiger partial charge in [-0.2, -0.15) is 0 Å². The highest BCUT2D eigenvalue weighted by Gasteiger charge is 2.26. The summed E-state index contributed by atoms with van der Waals surface area (Å²) in [5.74, 6) is 2.06. The maximum atomic E-state index is 12.7. The van der Waals surface area contributed by atoms with Gasteiger partial charge in [-0.3, -0.25) is 5.32 Å². The molecule has 3 heterocycles. The summed E-state index contributed by atoms with van der Waals surface area (Å²) in [4.78, 5) is 26.3. The first-order valence-corrected chi connectivity index (χ1v) is 12.5. The molecule has 0 atom stereocenters. The number of carbonyl (C=O) groups is 1. The van der Waals surface area contributed by atoms with Gasteiger partial charge in [-0.1, -0.05) is 12.1 Å². The maximum Gasteiger partial charge on any atom is 0.430 e. The number of aromatic nitrogens is 1. The molecule has 2 aliphatic heterocycles. The Balaban J connectivity index is 1.17. The van der Waals surface area contributed by atoms with Crippen LogP contribution < -0.4 is 19.7 Å². The van der Waals surface area contributed by atoms with E-state index in [2.05, 4.69) is 39.4 Å². The quantitative estimate of drug-likeness (QED) is 0.530. The molecule has 192 valence electrons. The van der Waals surface area contributed by atoms with Gasteiger partial charge in [0.15, 0.2) is 0 Å². The van der Waals surface area contributed by atoms with Gasteiger partial charge in [0, 0.05) is 56.5 Å². The number of nitrogens with one attached hydrogen (secondary N) is 2. The second-order valence-corrected chi connectivity index (χ2v) is 9.51. The largest absolute Gasteiger partial charge is 0.495 e. The number of anilines is 2. The molecule has 0 aliphatic carbocycles. The Bertz CT molecular complexity index is 1200. The Labute approximate surface area is 211 Å². The molecular formula is C27H35N5O4. The predicted molar refractivity (Wildman–Crippen MR) is 141 cm³/mol. The number of para-hydroxylation sites is 1. The van der Waals surface area contributed by atoms with E-state index in [4.69, 9.17) is 14.3 Å². The van der Waals surface area contributed by atoms with Crippen LogP contribution in [0.3, 0.4) is 0 Å². The number of hydrogen-bond donors (Lipinski definition) is 2. The number of amides is 1. The van der Waals surface area contributed by atoms with Crippen LogP contribution in [0.15, 0.2) is 42.6 Å². The van der Waals surface area contributed by atoms with Gasteiger partial charge in [-0.15, -0.1) is 5.06 Å². The number of likely N-dealkylation sites (N-methyl/N-ethyl adjacent to an activating group) is 1. The van der Waals surface area contributed by atoms with Crippen molar-refractivity contribution in [1.82, 2.24) is 14.9 Å². The maximum absolute atomic E-state index is 12.7. The van der Waals surface area contributed by atoms with Crippen LogP contribution in [0.1, 0.15) is 24.3 Å². The van der Waals surface area contributed by atoms with E-state index in [9.17, 15) is 4.79 Å². The Morgan fingerprint density at radius 2 is 1.72 bits per heavy atom. The number of H-pyrrole nitrogens is 1. The zero-order valence-corrected chi connectivity index (χ0v) is 21.3. The van der Waals surface area contributed by atoms with E-state index in [1.165, 1.54) is 10.9 Å². The zero-order chi connectivity index (χ0) is 25.1. The molecule has 9 heteroatoms. The van der Waals surface area contributed by atoms with Gasteiger partial charge in [0.1, 0.15) is 11.5 Å². The molecule has 2 saturated heterocycles. The number of carbonyl (C=O) groups excluding carboxylic acids is 1. The molecule has 1 aromatic heterocycles. The number of piperidine rings is 1. The number of aromatic amines is 1. The van der Waals surface area contributed by atoms with Crippen molar-refractivity contribution in [2.45, 2.75) is 18.8 Å². The highest BCUT2D eigenvalue weighted by Crippen LogP contribution is 2.36. The highest BCUT2D eigenvalue weighted by molar-refractivity contribution is 5.89. The van der Waals surface area contributed by atoms with Gasteiger partial charge in [-0.25, -0.2) is 4.79 Å². The Morgan fingerprint density at radius 1 is 0.972 bits per heavy atom. The van der Waals surface area contributed by atoms with Gasteiger partial charge in [0.25, 0.3) is 0 Å². The molecule has 1 amide bonds.